The van der Waals surface area contributed by atoms with Gasteiger partial charge in [-0.25, -0.2) is 0 Å². The molecular weight excluding hydrogens is 381 g/mol. The highest BCUT2D eigenvalue weighted by Crippen LogP contribution is 2.35. The van der Waals surface area contributed by atoms with E-state index in [4.69, 9.17) is 9.47 Å². The van der Waals surface area contributed by atoms with Crippen molar-refractivity contribution < 1.29 is 32.4 Å². The first-order valence-electron chi connectivity index (χ1n) is 7.97. The van der Waals surface area contributed by atoms with Crippen molar-refractivity contribution in [3.8, 4) is 11.5 Å². The summed E-state index contributed by atoms with van der Waals surface area (Å²) in [6, 6.07) is 5.82. The Bertz CT molecular complexity index is 899. The first-order chi connectivity index (χ1) is 13.1. The van der Waals surface area contributed by atoms with Gasteiger partial charge in [0.15, 0.2) is 11.5 Å². The second-order valence-corrected chi connectivity index (χ2v) is 5.80. The fraction of sp³-hybridized carbons (Fsp3) is 0.278. The lowest BCUT2D eigenvalue weighted by molar-refractivity contribution is -0.385. The normalized spacial score (nSPS) is 12.2. The number of nitro benzene ring substituents is 1. The number of rotatable bonds is 6. The monoisotopic (exact) mass is 398 g/mol. The largest absolute Gasteiger partial charge is 0.493 e. The maximum absolute atomic E-state index is 12.9. The van der Waals surface area contributed by atoms with Crippen LogP contribution < -0.4 is 14.8 Å². The van der Waals surface area contributed by atoms with Gasteiger partial charge >= 0.3 is 6.18 Å². The van der Waals surface area contributed by atoms with E-state index in [1.165, 1.54) is 33.3 Å². The highest BCUT2D eigenvalue weighted by atomic mass is 19.4. The third kappa shape index (κ3) is 4.51. The second kappa shape index (κ2) is 8.15. The highest BCUT2D eigenvalue weighted by Gasteiger charge is 2.31. The first kappa shape index (κ1) is 21.0. The molecule has 1 atom stereocenters. The Labute approximate surface area is 158 Å². The third-order valence-electron chi connectivity index (χ3n) is 4.00. The number of nitrogens with zero attached hydrogens (tertiary/aromatic N) is 1. The molecule has 0 aromatic heterocycles. The molecule has 150 valence electrons. The van der Waals surface area contributed by atoms with Crippen molar-refractivity contribution in [2.75, 3.05) is 14.2 Å². The van der Waals surface area contributed by atoms with Crippen LogP contribution in [0.25, 0.3) is 0 Å². The number of hydrogen-bond donors (Lipinski definition) is 1. The molecule has 7 nitrogen and oxygen atoms in total. The summed E-state index contributed by atoms with van der Waals surface area (Å²) in [7, 11) is 2.59. The zero-order valence-electron chi connectivity index (χ0n) is 15.2. The number of nitro groups is 1. The van der Waals surface area contributed by atoms with Gasteiger partial charge in [-0.05, 0) is 24.6 Å². The van der Waals surface area contributed by atoms with Gasteiger partial charge in [0.1, 0.15) is 5.56 Å². The predicted molar refractivity (Wildman–Crippen MR) is 93.5 cm³/mol. The third-order valence-corrected chi connectivity index (χ3v) is 4.00. The predicted octanol–water partition coefficient (Wildman–Crippen LogP) is 4.12. The van der Waals surface area contributed by atoms with E-state index < -0.39 is 34.3 Å². The summed E-state index contributed by atoms with van der Waals surface area (Å²) in [5.41, 5.74) is -1.48. The Kier molecular flexibility index (Phi) is 6.12. The van der Waals surface area contributed by atoms with E-state index in [1.54, 1.807) is 0 Å². The van der Waals surface area contributed by atoms with Crippen molar-refractivity contribution in [3.05, 3.63) is 63.2 Å². The molecule has 1 N–H and O–H groups in total. The van der Waals surface area contributed by atoms with Crippen LogP contribution in [0.4, 0.5) is 18.9 Å². The van der Waals surface area contributed by atoms with Gasteiger partial charge in [-0.2, -0.15) is 13.2 Å². The van der Waals surface area contributed by atoms with Crippen molar-refractivity contribution >= 4 is 11.6 Å². The number of hydrogen-bond acceptors (Lipinski definition) is 5. The second-order valence-electron chi connectivity index (χ2n) is 5.80. The van der Waals surface area contributed by atoms with Gasteiger partial charge in [0.05, 0.1) is 36.8 Å². The molecular formula is C18H17F3N2O5. The molecule has 2 aromatic carbocycles. The van der Waals surface area contributed by atoms with Crippen LogP contribution in [0.3, 0.4) is 0 Å². The van der Waals surface area contributed by atoms with E-state index in [0.717, 1.165) is 24.3 Å². The quantitative estimate of drug-likeness (QED) is 0.584. The molecule has 0 saturated carbocycles. The number of carbonyl (C=O) groups is 1. The number of carbonyl (C=O) groups excluding carboxylic acids is 1. The Morgan fingerprint density at radius 2 is 1.75 bits per heavy atom. The molecule has 1 unspecified atom stereocenters. The van der Waals surface area contributed by atoms with Gasteiger partial charge in [-0.1, -0.05) is 12.1 Å². The fourth-order valence-corrected chi connectivity index (χ4v) is 2.54. The van der Waals surface area contributed by atoms with Gasteiger partial charge in [0.2, 0.25) is 0 Å². The molecule has 28 heavy (non-hydrogen) atoms. The molecule has 0 radical (unpaired) electrons. The van der Waals surface area contributed by atoms with E-state index in [9.17, 15) is 28.1 Å². The number of alkyl halides is 3. The van der Waals surface area contributed by atoms with Crippen LogP contribution >= 0.6 is 0 Å². The summed E-state index contributed by atoms with van der Waals surface area (Å²) in [4.78, 5) is 23.1. The van der Waals surface area contributed by atoms with E-state index in [-0.39, 0.29) is 22.6 Å². The summed E-state index contributed by atoms with van der Waals surface area (Å²) in [5.74, 6) is -0.667. The summed E-state index contributed by atoms with van der Waals surface area (Å²) < 4.78 is 48.6. The maximum Gasteiger partial charge on any atom is 0.416 e. The summed E-state index contributed by atoms with van der Waals surface area (Å²) in [5, 5.41) is 13.8. The van der Waals surface area contributed by atoms with E-state index in [2.05, 4.69) is 5.32 Å². The lowest BCUT2D eigenvalue weighted by Crippen LogP contribution is -2.27. The average Bonchev–Trinajstić information content (AvgIpc) is 2.65. The Balaban J connectivity index is 2.35. The maximum atomic E-state index is 12.9. The van der Waals surface area contributed by atoms with Crippen LogP contribution in [0, 0.1) is 10.1 Å². The van der Waals surface area contributed by atoms with Crippen LogP contribution in [0.5, 0.6) is 11.5 Å². The summed E-state index contributed by atoms with van der Waals surface area (Å²) in [6.45, 7) is 1.47. The van der Waals surface area contributed by atoms with Gasteiger partial charge in [-0.3, -0.25) is 14.9 Å². The fourth-order valence-electron chi connectivity index (χ4n) is 2.54. The van der Waals surface area contributed by atoms with Crippen LogP contribution in [0.2, 0.25) is 0 Å². The van der Waals surface area contributed by atoms with Crippen molar-refractivity contribution in [2.45, 2.75) is 19.1 Å². The molecule has 0 aliphatic rings. The molecule has 0 bridgehead atoms. The topological polar surface area (TPSA) is 90.7 Å². The molecule has 0 fully saturated rings. The van der Waals surface area contributed by atoms with Crippen LogP contribution in [-0.2, 0) is 6.18 Å². The Morgan fingerprint density at radius 3 is 2.29 bits per heavy atom. The lowest BCUT2D eigenvalue weighted by atomic mass is 10.0. The van der Waals surface area contributed by atoms with Gasteiger partial charge < -0.3 is 14.8 Å². The number of nitrogens with one attached hydrogen (secondary N) is 1. The van der Waals surface area contributed by atoms with E-state index in [1.807, 2.05) is 0 Å². The first-order valence-corrected chi connectivity index (χ1v) is 7.97. The van der Waals surface area contributed by atoms with Crippen LogP contribution in [0.1, 0.15) is 34.5 Å². The zero-order valence-corrected chi connectivity index (χ0v) is 15.2. The smallest absolute Gasteiger partial charge is 0.416 e. The molecule has 0 spiro atoms. The molecule has 10 heteroatoms. The number of ether oxygens (including phenoxy) is 2. The molecule has 2 aromatic rings. The van der Waals surface area contributed by atoms with E-state index >= 15 is 0 Å². The average molecular weight is 398 g/mol. The SMILES string of the molecule is COc1cc(C(=O)NC(C)c2cccc(C(F)(F)F)c2)c([N+](=O)[O-])cc1OC. The Hall–Kier alpha value is -3.30. The number of benzene rings is 2. The van der Waals surface area contributed by atoms with Gasteiger partial charge in [0, 0.05) is 6.07 Å². The number of amides is 1. The lowest BCUT2D eigenvalue weighted by Gasteiger charge is -2.17. The molecule has 0 aliphatic heterocycles. The molecule has 0 aliphatic carbocycles. The van der Waals surface area contributed by atoms with Crippen molar-refractivity contribution in [1.29, 1.82) is 0 Å². The summed E-state index contributed by atoms with van der Waals surface area (Å²) >= 11 is 0. The van der Waals surface area contributed by atoms with Crippen molar-refractivity contribution in [2.24, 2.45) is 0 Å². The van der Waals surface area contributed by atoms with Crippen LogP contribution in [-0.4, -0.2) is 25.1 Å². The minimum atomic E-state index is -4.53. The minimum absolute atomic E-state index is 0.0664. The number of halogens is 3. The molecule has 0 saturated heterocycles. The standard InChI is InChI=1S/C18H17F3N2O5/c1-10(11-5-4-6-12(7-11)18(19,20)21)22-17(24)13-8-15(27-2)16(28-3)9-14(13)23(25)26/h4-10H,1-3H3,(H,22,24). The molecule has 2 rings (SSSR count). The molecule has 0 heterocycles. The van der Waals surface area contributed by atoms with Crippen molar-refractivity contribution in [1.82, 2.24) is 5.32 Å². The number of methoxy groups -OCH3 is 2. The van der Waals surface area contributed by atoms with E-state index in [0.29, 0.717) is 0 Å². The zero-order chi connectivity index (χ0) is 21.1. The van der Waals surface area contributed by atoms with Gasteiger partial charge in [-0.15, -0.1) is 0 Å². The summed E-state index contributed by atoms with van der Waals surface area (Å²) in [6.07, 6.45) is -4.53. The minimum Gasteiger partial charge on any atom is -0.493 e. The van der Waals surface area contributed by atoms with Crippen molar-refractivity contribution in [3.63, 3.8) is 0 Å². The van der Waals surface area contributed by atoms with Gasteiger partial charge in [0.25, 0.3) is 11.6 Å². The van der Waals surface area contributed by atoms with Crippen LogP contribution in [0.15, 0.2) is 36.4 Å². The highest BCUT2D eigenvalue weighted by molar-refractivity contribution is 5.99. The Morgan fingerprint density at radius 1 is 1.14 bits per heavy atom. The molecule has 1 amide bonds.